The van der Waals surface area contributed by atoms with Crippen molar-refractivity contribution in [1.29, 1.82) is 0 Å². The molecule has 0 saturated carbocycles. The van der Waals surface area contributed by atoms with Gasteiger partial charge in [0.15, 0.2) is 0 Å². The first kappa shape index (κ1) is 4.62. The summed E-state index contributed by atoms with van der Waals surface area (Å²) in [5.41, 5.74) is 0. The number of aliphatic imine (C=N–C) groups is 1. The average Bonchev–Trinajstić information content (AvgIpc) is 2.14. The molecule has 0 aliphatic carbocycles. The largest absolute Gasteiger partial charge is 0.372 e. The van der Waals surface area contributed by atoms with Crippen LogP contribution in [0, 0.1) is 0 Å². The minimum Gasteiger partial charge on any atom is -0.372 e. The molecule has 0 aromatic rings. The summed E-state index contributed by atoms with van der Waals surface area (Å²) in [4.78, 5) is 4.16. The summed E-state index contributed by atoms with van der Waals surface area (Å²) < 4.78 is 0. The zero-order valence-corrected chi connectivity index (χ0v) is 4.57. The number of nitrogens with one attached hydrogen (secondary N) is 1. The fraction of sp³-hybridized carbons (Fsp3) is 0.800. The molecule has 0 aromatic heterocycles. The molecule has 0 spiro atoms. The summed E-state index contributed by atoms with van der Waals surface area (Å²) >= 11 is 0. The van der Waals surface area contributed by atoms with Gasteiger partial charge in [0.1, 0.15) is 0 Å². The van der Waals surface area contributed by atoms with Crippen LogP contribution in [0.25, 0.3) is 0 Å². The van der Waals surface area contributed by atoms with Gasteiger partial charge >= 0.3 is 0 Å². The molecule has 1 heterocycles. The molecule has 7 heavy (non-hydrogen) atoms. The molecule has 0 unspecified atom stereocenters. The predicted octanol–water partition coefficient (Wildman–Crippen LogP) is 0.398. The third-order valence-electron chi connectivity index (χ3n) is 1.08. The van der Waals surface area contributed by atoms with Gasteiger partial charge in [-0.2, -0.15) is 0 Å². The fourth-order valence-electron chi connectivity index (χ4n) is 0.684. The number of nitrogens with zero attached hydrogens (tertiary/aromatic N) is 1. The summed E-state index contributed by atoms with van der Waals surface area (Å²) in [7, 11) is 0. The topological polar surface area (TPSA) is 24.4 Å². The summed E-state index contributed by atoms with van der Waals surface area (Å²) in [6.45, 7) is 4.13. The number of hydrogen-bond acceptors (Lipinski definition) is 2. The lowest BCUT2D eigenvalue weighted by Gasteiger charge is -1.91. The quantitative estimate of drug-likeness (QED) is 0.504. The lowest BCUT2D eigenvalue weighted by atomic mass is 10.4. The Morgan fingerprint density at radius 3 is 3.00 bits per heavy atom. The van der Waals surface area contributed by atoms with Crippen molar-refractivity contribution in [3.63, 3.8) is 0 Å². The highest BCUT2D eigenvalue weighted by molar-refractivity contribution is 5.83. The van der Waals surface area contributed by atoms with Gasteiger partial charge in [-0.3, -0.25) is 4.99 Å². The smallest absolute Gasteiger partial charge is 0.0961 e. The molecule has 0 fully saturated rings. The third-order valence-corrected chi connectivity index (χ3v) is 1.08. The predicted molar refractivity (Wildman–Crippen MR) is 30.6 cm³/mol. The SMILES string of the molecule is CCC1=NCCN1. The maximum absolute atomic E-state index is 4.16. The van der Waals surface area contributed by atoms with Crippen LogP contribution in [-0.4, -0.2) is 18.9 Å². The maximum Gasteiger partial charge on any atom is 0.0961 e. The molecule has 0 radical (unpaired) electrons. The van der Waals surface area contributed by atoms with E-state index in [1.54, 1.807) is 0 Å². The summed E-state index contributed by atoms with van der Waals surface area (Å²) in [6.07, 6.45) is 1.06. The molecule has 1 rings (SSSR count). The van der Waals surface area contributed by atoms with Crippen LogP contribution < -0.4 is 5.32 Å². The molecule has 40 valence electrons. The van der Waals surface area contributed by atoms with Crippen molar-refractivity contribution in [2.24, 2.45) is 4.99 Å². The monoisotopic (exact) mass is 98.1 g/mol. The van der Waals surface area contributed by atoms with Gasteiger partial charge in [0.25, 0.3) is 0 Å². The van der Waals surface area contributed by atoms with E-state index >= 15 is 0 Å². The van der Waals surface area contributed by atoms with Gasteiger partial charge in [0.2, 0.25) is 0 Å². The molecule has 0 aromatic carbocycles. The first-order chi connectivity index (χ1) is 3.43. The number of amidine groups is 1. The average molecular weight is 98.1 g/mol. The second-order valence-electron chi connectivity index (χ2n) is 1.61. The van der Waals surface area contributed by atoms with E-state index in [2.05, 4.69) is 17.2 Å². The van der Waals surface area contributed by atoms with E-state index in [0.29, 0.717) is 0 Å². The minimum atomic E-state index is 0.975. The Labute approximate surface area is 43.6 Å². The highest BCUT2D eigenvalue weighted by Crippen LogP contribution is 1.87. The Bertz CT molecular complexity index is 86.1. The molecular weight excluding hydrogens is 88.1 g/mol. The molecule has 2 heteroatoms. The van der Waals surface area contributed by atoms with Crippen LogP contribution in [0.5, 0.6) is 0 Å². The second kappa shape index (κ2) is 1.96. The summed E-state index contributed by atoms with van der Waals surface area (Å²) in [5.74, 6) is 1.17. The molecule has 0 bridgehead atoms. The van der Waals surface area contributed by atoms with Gasteiger partial charge in [-0.25, -0.2) is 0 Å². The van der Waals surface area contributed by atoms with E-state index in [4.69, 9.17) is 0 Å². The Balaban J connectivity index is 2.36. The van der Waals surface area contributed by atoms with E-state index in [1.807, 2.05) is 0 Å². The van der Waals surface area contributed by atoms with Crippen molar-refractivity contribution in [1.82, 2.24) is 5.32 Å². The van der Waals surface area contributed by atoms with Crippen molar-refractivity contribution >= 4 is 5.84 Å². The lowest BCUT2D eigenvalue weighted by Crippen LogP contribution is -2.16. The Hall–Kier alpha value is -0.530. The zero-order chi connectivity index (χ0) is 5.11. The van der Waals surface area contributed by atoms with E-state index in [1.165, 1.54) is 5.84 Å². The Morgan fingerprint density at radius 1 is 1.86 bits per heavy atom. The molecule has 1 aliphatic rings. The number of rotatable bonds is 1. The van der Waals surface area contributed by atoms with Gasteiger partial charge in [-0.15, -0.1) is 0 Å². The van der Waals surface area contributed by atoms with Crippen molar-refractivity contribution < 1.29 is 0 Å². The van der Waals surface area contributed by atoms with Crippen molar-refractivity contribution in [2.75, 3.05) is 13.1 Å². The first-order valence-electron chi connectivity index (χ1n) is 2.70. The van der Waals surface area contributed by atoms with Crippen LogP contribution in [0.2, 0.25) is 0 Å². The molecule has 0 saturated heterocycles. The van der Waals surface area contributed by atoms with Crippen LogP contribution in [0.4, 0.5) is 0 Å². The van der Waals surface area contributed by atoms with E-state index in [9.17, 15) is 0 Å². The minimum absolute atomic E-state index is 0.975. The summed E-state index contributed by atoms with van der Waals surface area (Å²) in [6, 6.07) is 0. The second-order valence-corrected chi connectivity index (χ2v) is 1.61. The zero-order valence-electron chi connectivity index (χ0n) is 4.57. The standard InChI is InChI=1S/C5H10N2/c1-2-5-6-3-4-7-5/h2-4H2,1H3,(H,6,7). The van der Waals surface area contributed by atoms with Crippen LogP contribution in [0.3, 0.4) is 0 Å². The van der Waals surface area contributed by atoms with Gasteiger partial charge in [-0.05, 0) is 0 Å². The molecule has 0 atom stereocenters. The fourth-order valence-corrected chi connectivity index (χ4v) is 0.684. The molecular formula is C5H10N2. The van der Waals surface area contributed by atoms with Crippen LogP contribution >= 0.6 is 0 Å². The highest BCUT2D eigenvalue weighted by Gasteiger charge is 1.98. The van der Waals surface area contributed by atoms with E-state index in [-0.39, 0.29) is 0 Å². The first-order valence-corrected chi connectivity index (χ1v) is 2.70. The van der Waals surface area contributed by atoms with Crippen molar-refractivity contribution in [3.8, 4) is 0 Å². The Kier molecular flexibility index (Phi) is 1.29. The molecule has 1 aliphatic heterocycles. The van der Waals surface area contributed by atoms with E-state index in [0.717, 1.165) is 19.5 Å². The summed E-state index contributed by atoms with van der Waals surface area (Å²) in [5, 5.41) is 3.16. The van der Waals surface area contributed by atoms with Gasteiger partial charge in [-0.1, -0.05) is 6.92 Å². The van der Waals surface area contributed by atoms with Crippen LogP contribution in [0.1, 0.15) is 13.3 Å². The van der Waals surface area contributed by atoms with Crippen LogP contribution in [0.15, 0.2) is 4.99 Å². The van der Waals surface area contributed by atoms with Crippen molar-refractivity contribution in [2.45, 2.75) is 13.3 Å². The van der Waals surface area contributed by atoms with Gasteiger partial charge in [0, 0.05) is 13.0 Å². The van der Waals surface area contributed by atoms with Crippen molar-refractivity contribution in [3.05, 3.63) is 0 Å². The van der Waals surface area contributed by atoms with E-state index < -0.39 is 0 Å². The van der Waals surface area contributed by atoms with Gasteiger partial charge in [0.05, 0.1) is 12.4 Å². The third kappa shape index (κ3) is 0.918. The normalized spacial score (nSPS) is 18.7. The van der Waals surface area contributed by atoms with Crippen LogP contribution in [-0.2, 0) is 0 Å². The molecule has 0 amide bonds. The maximum atomic E-state index is 4.16. The highest BCUT2D eigenvalue weighted by atomic mass is 15.1. The number of hydrogen-bond donors (Lipinski definition) is 1. The lowest BCUT2D eigenvalue weighted by molar-refractivity contribution is 0.951. The van der Waals surface area contributed by atoms with Gasteiger partial charge < -0.3 is 5.32 Å². The Morgan fingerprint density at radius 2 is 2.71 bits per heavy atom. The molecule has 2 nitrogen and oxygen atoms in total. The molecule has 1 N–H and O–H groups in total.